The van der Waals surface area contributed by atoms with Crippen LogP contribution in [0, 0.1) is 0 Å². The van der Waals surface area contributed by atoms with Crippen molar-refractivity contribution in [3.05, 3.63) is 10.6 Å². The van der Waals surface area contributed by atoms with Crippen molar-refractivity contribution in [3.63, 3.8) is 0 Å². The molecule has 1 rings (SSSR count). The second-order valence-corrected chi connectivity index (χ2v) is 5.96. The number of hydrogen-bond acceptors (Lipinski definition) is 5. The summed E-state index contributed by atoms with van der Waals surface area (Å²) in [5.41, 5.74) is 0.707. The minimum Gasteiger partial charge on any atom is -0.477 e. The second kappa shape index (κ2) is 9.00. The van der Waals surface area contributed by atoms with Gasteiger partial charge in [0.05, 0.1) is 12.3 Å². The maximum absolute atomic E-state index is 11.4. The highest BCUT2D eigenvalue weighted by molar-refractivity contribution is 7.17. The lowest BCUT2D eigenvalue weighted by Gasteiger charge is -2.29. The molecular formula is C15H26N2O3S. The van der Waals surface area contributed by atoms with Gasteiger partial charge in [-0.3, -0.25) is 0 Å². The lowest BCUT2D eigenvalue weighted by atomic mass is 10.1. The van der Waals surface area contributed by atoms with Crippen LogP contribution in [0.4, 0.5) is 5.13 Å². The summed E-state index contributed by atoms with van der Waals surface area (Å²) < 4.78 is 5.18. The zero-order valence-electron chi connectivity index (χ0n) is 13.4. The molecule has 0 amide bonds. The van der Waals surface area contributed by atoms with Gasteiger partial charge in [0.1, 0.15) is 4.88 Å². The SMILES string of the molecule is CCCc1nc(N(CCOC)C(CC)CC)sc1C(=O)O. The number of thiazole rings is 1. The topological polar surface area (TPSA) is 62.7 Å². The van der Waals surface area contributed by atoms with Crippen LogP contribution in [0.1, 0.15) is 55.4 Å². The van der Waals surface area contributed by atoms with E-state index in [1.165, 1.54) is 11.3 Å². The third kappa shape index (κ3) is 4.68. The van der Waals surface area contributed by atoms with Crippen LogP contribution in [0.2, 0.25) is 0 Å². The minimum atomic E-state index is -0.876. The molecule has 1 N–H and O–H groups in total. The predicted molar refractivity (Wildman–Crippen MR) is 86.7 cm³/mol. The van der Waals surface area contributed by atoms with Crippen LogP contribution in [0.25, 0.3) is 0 Å². The maximum atomic E-state index is 11.4. The van der Waals surface area contributed by atoms with Crippen molar-refractivity contribution in [2.45, 2.75) is 52.5 Å². The first-order valence-corrected chi connectivity index (χ1v) is 8.39. The van der Waals surface area contributed by atoms with Crippen LogP contribution < -0.4 is 4.90 Å². The second-order valence-electron chi connectivity index (χ2n) is 4.98. The van der Waals surface area contributed by atoms with Crippen molar-refractivity contribution in [2.75, 3.05) is 25.2 Å². The fourth-order valence-electron chi connectivity index (χ4n) is 2.39. The molecule has 0 radical (unpaired) electrons. The van der Waals surface area contributed by atoms with Gasteiger partial charge in [-0.1, -0.05) is 38.5 Å². The Labute approximate surface area is 130 Å². The van der Waals surface area contributed by atoms with Gasteiger partial charge in [-0.25, -0.2) is 9.78 Å². The van der Waals surface area contributed by atoms with E-state index >= 15 is 0 Å². The molecule has 1 heterocycles. The van der Waals surface area contributed by atoms with Crippen LogP contribution in [0.3, 0.4) is 0 Å². The van der Waals surface area contributed by atoms with Crippen molar-refractivity contribution in [3.8, 4) is 0 Å². The number of ether oxygens (including phenoxy) is 1. The largest absolute Gasteiger partial charge is 0.477 e. The minimum absolute atomic E-state index is 0.363. The molecular weight excluding hydrogens is 288 g/mol. The van der Waals surface area contributed by atoms with Gasteiger partial charge >= 0.3 is 5.97 Å². The van der Waals surface area contributed by atoms with E-state index in [0.717, 1.165) is 30.9 Å². The third-order valence-electron chi connectivity index (χ3n) is 3.53. The summed E-state index contributed by atoms with van der Waals surface area (Å²) in [5.74, 6) is -0.876. The predicted octanol–water partition coefficient (Wildman–Crippen LogP) is 3.44. The molecule has 0 aliphatic heterocycles. The molecule has 0 aliphatic rings. The molecule has 21 heavy (non-hydrogen) atoms. The normalized spacial score (nSPS) is 11.1. The van der Waals surface area contributed by atoms with Gasteiger partial charge in [0.2, 0.25) is 0 Å². The Balaban J connectivity index is 3.11. The standard InChI is InChI=1S/C15H26N2O3S/c1-5-8-12-13(14(18)19)21-15(16-12)17(9-10-20-4)11(6-2)7-3/h11H,5-10H2,1-4H3,(H,18,19). The Morgan fingerprint density at radius 2 is 2.05 bits per heavy atom. The van der Waals surface area contributed by atoms with Gasteiger partial charge < -0.3 is 14.7 Å². The first-order valence-electron chi connectivity index (χ1n) is 7.57. The zero-order valence-corrected chi connectivity index (χ0v) is 14.2. The number of anilines is 1. The molecule has 6 heteroatoms. The van der Waals surface area contributed by atoms with Crippen molar-refractivity contribution in [1.82, 2.24) is 4.98 Å². The number of aromatic nitrogens is 1. The fourth-order valence-corrected chi connectivity index (χ4v) is 3.44. The van der Waals surface area contributed by atoms with Gasteiger partial charge in [0, 0.05) is 19.7 Å². The lowest BCUT2D eigenvalue weighted by molar-refractivity contribution is 0.0700. The van der Waals surface area contributed by atoms with E-state index in [-0.39, 0.29) is 0 Å². The van der Waals surface area contributed by atoms with E-state index in [4.69, 9.17) is 4.74 Å². The van der Waals surface area contributed by atoms with Crippen LogP contribution >= 0.6 is 11.3 Å². The van der Waals surface area contributed by atoms with E-state index < -0.39 is 5.97 Å². The number of carboxylic acid groups (broad SMARTS) is 1. The summed E-state index contributed by atoms with van der Waals surface area (Å²) in [4.78, 5) is 18.6. The number of hydrogen-bond donors (Lipinski definition) is 1. The molecule has 0 saturated carbocycles. The molecule has 0 bridgehead atoms. The number of carboxylic acids is 1. The lowest BCUT2D eigenvalue weighted by Crippen LogP contribution is -2.37. The Hall–Kier alpha value is -1.14. The average molecular weight is 314 g/mol. The van der Waals surface area contributed by atoms with E-state index in [9.17, 15) is 9.90 Å². The number of rotatable bonds is 10. The monoisotopic (exact) mass is 314 g/mol. The summed E-state index contributed by atoms with van der Waals surface area (Å²) in [5, 5.41) is 10.2. The van der Waals surface area contributed by atoms with E-state index in [1.807, 2.05) is 6.92 Å². The molecule has 0 spiro atoms. The van der Waals surface area contributed by atoms with Crippen LogP contribution in [0.5, 0.6) is 0 Å². The quantitative estimate of drug-likeness (QED) is 0.717. The Kier molecular flexibility index (Phi) is 7.67. The molecule has 0 atom stereocenters. The third-order valence-corrected chi connectivity index (χ3v) is 4.66. The average Bonchev–Trinajstić information content (AvgIpc) is 2.88. The number of nitrogens with zero attached hydrogens (tertiary/aromatic N) is 2. The molecule has 0 unspecified atom stereocenters. The molecule has 0 fully saturated rings. The van der Waals surface area contributed by atoms with Crippen LogP contribution in [0.15, 0.2) is 0 Å². The Bertz CT molecular complexity index is 444. The molecule has 0 aromatic carbocycles. The van der Waals surface area contributed by atoms with Crippen LogP contribution in [-0.2, 0) is 11.2 Å². The smallest absolute Gasteiger partial charge is 0.347 e. The zero-order chi connectivity index (χ0) is 15.8. The fraction of sp³-hybridized carbons (Fsp3) is 0.733. The molecule has 5 nitrogen and oxygen atoms in total. The Morgan fingerprint density at radius 3 is 2.52 bits per heavy atom. The van der Waals surface area contributed by atoms with Crippen LogP contribution in [-0.4, -0.2) is 42.4 Å². The van der Waals surface area contributed by atoms with Gasteiger partial charge in [-0.05, 0) is 19.3 Å². The molecule has 1 aromatic heterocycles. The summed E-state index contributed by atoms with van der Waals surface area (Å²) in [6.45, 7) is 7.68. The molecule has 120 valence electrons. The van der Waals surface area contributed by atoms with Gasteiger partial charge in [0.15, 0.2) is 5.13 Å². The number of aromatic carboxylic acids is 1. The number of methoxy groups -OCH3 is 1. The van der Waals surface area contributed by atoms with E-state index in [1.54, 1.807) is 7.11 Å². The number of carbonyl (C=O) groups is 1. The molecule has 0 aliphatic carbocycles. The van der Waals surface area contributed by atoms with Gasteiger partial charge in [-0.15, -0.1) is 0 Å². The van der Waals surface area contributed by atoms with Crippen molar-refractivity contribution < 1.29 is 14.6 Å². The van der Waals surface area contributed by atoms with E-state index in [2.05, 4.69) is 23.7 Å². The molecule has 0 saturated heterocycles. The number of aryl methyl sites for hydroxylation is 1. The summed E-state index contributed by atoms with van der Waals surface area (Å²) in [7, 11) is 1.68. The maximum Gasteiger partial charge on any atom is 0.347 e. The highest BCUT2D eigenvalue weighted by atomic mass is 32.1. The summed E-state index contributed by atoms with van der Waals surface area (Å²) >= 11 is 1.28. The van der Waals surface area contributed by atoms with Crippen molar-refractivity contribution in [1.29, 1.82) is 0 Å². The van der Waals surface area contributed by atoms with Gasteiger partial charge in [-0.2, -0.15) is 0 Å². The first kappa shape index (κ1) is 17.9. The summed E-state index contributed by atoms with van der Waals surface area (Å²) in [6.07, 6.45) is 3.61. The highest BCUT2D eigenvalue weighted by Crippen LogP contribution is 2.30. The first-order chi connectivity index (χ1) is 10.1. The Morgan fingerprint density at radius 1 is 1.38 bits per heavy atom. The summed E-state index contributed by atoms with van der Waals surface area (Å²) in [6, 6.07) is 0.363. The highest BCUT2D eigenvalue weighted by Gasteiger charge is 2.23. The van der Waals surface area contributed by atoms with Crippen molar-refractivity contribution >= 4 is 22.4 Å². The van der Waals surface area contributed by atoms with Gasteiger partial charge in [0.25, 0.3) is 0 Å². The van der Waals surface area contributed by atoms with Crippen molar-refractivity contribution in [2.24, 2.45) is 0 Å². The molecule has 1 aromatic rings. The van der Waals surface area contributed by atoms with E-state index in [0.29, 0.717) is 29.6 Å².